The third-order valence-electron chi connectivity index (χ3n) is 3.72. The van der Waals surface area contributed by atoms with Crippen molar-refractivity contribution in [3.63, 3.8) is 0 Å². The summed E-state index contributed by atoms with van der Waals surface area (Å²) in [5, 5.41) is 3.02. The number of rotatable bonds is 7. The van der Waals surface area contributed by atoms with E-state index in [1.54, 1.807) is 6.92 Å². The van der Waals surface area contributed by atoms with Crippen molar-refractivity contribution in [3.8, 4) is 0 Å². The van der Waals surface area contributed by atoms with Gasteiger partial charge in [0.25, 0.3) is 0 Å². The van der Waals surface area contributed by atoms with E-state index in [0.29, 0.717) is 0 Å². The number of carbonyl (C=O) groups excluding carboxylic acids is 1. The Morgan fingerprint density at radius 2 is 1.74 bits per heavy atom. The van der Waals surface area contributed by atoms with Gasteiger partial charge in [-0.25, -0.2) is 0 Å². The third kappa shape index (κ3) is 7.40. The Morgan fingerprint density at radius 1 is 1.26 bits per heavy atom. The molecule has 7 heteroatoms. The van der Waals surface area contributed by atoms with E-state index >= 15 is 0 Å². The quantitative estimate of drug-likeness (QED) is 0.700. The van der Waals surface area contributed by atoms with Crippen molar-refractivity contribution >= 4 is 46.7 Å². The first kappa shape index (κ1) is 24.9. The fourth-order valence-electron chi connectivity index (χ4n) is 2.22. The number of carbonyl (C=O) groups is 1. The molecule has 1 rings (SSSR count). The van der Waals surface area contributed by atoms with E-state index in [4.69, 9.17) is 5.73 Å². The molecular weight excluding hydrogens is 401 g/mol. The standard InChI is InChI=1S/C16H26BrN3O.2ClH/c1-5-20(6-2)11-12(3)19-15(21)16(4,18)13-7-9-14(17)10-8-13;;/h7-10,12H,5-6,11,18H2,1-4H3,(H,19,21);2*1H. The number of nitrogens with two attached hydrogens (primary N) is 1. The molecule has 0 aliphatic rings. The summed E-state index contributed by atoms with van der Waals surface area (Å²) in [4.78, 5) is 14.7. The molecule has 2 unspecified atom stereocenters. The molecular formula is C16H28BrCl2N3O. The van der Waals surface area contributed by atoms with Gasteiger partial charge in [0, 0.05) is 17.1 Å². The zero-order chi connectivity index (χ0) is 16.0. The number of nitrogens with one attached hydrogen (secondary N) is 1. The Hall–Kier alpha value is -0.330. The van der Waals surface area contributed by atoms with Gasteiger partial charge in [-0.2, -0.15) is 0 Å². The molecule has 4 nitrogen and oxygen atoms in total. The number of hydrogen-bond donors (Lipinski definition) is 2. The lowest BCUT2D eigenvalue weighted by atomic mass is 9.92. The van der Waals surface area contributed by atoms with Crippen LogP contribution in [0.5, 0.6) is 0 Å². The highest BCUT2D eigenvalue weighted by atomic mass is 79.9. The van der Waals surface area contributed by atoms with Crippen LogP contribution >= 0.6 is 40.7 Å². The van der Waals surface area contributed by atoms with Crippen LogP contribution < -0.4 is 11.1 Å². The highest BCUT2D eigenvalue weighted by Crippen LogP contribution is 2.20. The zero-order valence-electron chi connectivity index (χ0n) is 14.1. The van der Waals surface area contributed by atoms with Gasteiger partial charge in [-0.1, -0.05) is 41.9 Å². The molecule has 1 amide bonds. The number of amides is 1. The molecule has 0 aliphatic heterocycles. The van der Waals surface area contributed by atoms with Gasteiger partial charge in [0.05, 0.1) is 0 Å². The molecule has 0 saturated carbocycles. The van der Waals surface area contributed by atoms with Crippen LogP contribution in [0.3, 0.4) is 0 Å². The lowest BCUT2D eigenvalue weighted by Crippen LogP contribution is -2.53. The van der Waals surface area contributed by atoms with Gasteiger partial charge in [-0.3, -0.25) is 4.79 Å². The monoisotopic (exact) mass is 427 g/mol. The molecule has 134 valence electrons. The number of hydrogen-bond acceptors (Lipinski definition) is 3. The molecule has 0 heterocycles. The second-order valence-corrected chi connectivity index (χ2v) is 6.49. The molecule has 1 aromatic carbocycles. The minimum atomic E-state index is -1.03. The van der Waals surface area contributed by atoms with Gasteiger partial charge >= 0.3 is 0 Å². The average Bonchev–Trinajstić information content (AvgIpc) is 2.45. The summed E-state index contributed by atoms with van der Waals surface area (Å²) in [6.45, 7) is 10.8. The Kier molecular flexibility index (Phi) is 12.2. The van der Waals surface area contributed by atoms with E-state index in [9.17, 15) is 4.79 Å². The molecule has 0 bridgehead atoms. The van der Waals surface area contributed by atoms with Crippen molar-refractivity contribution in [1.29, 1.82) is 0 Å². The van der Waals surface area contributed by atoms with Crippen LogP contribution in [0.25, 0.3) is 0 Å². The Labute approximate surface area is 160 Å². The van der Waals surface area contributed by atoms with Crippen molar-refractivity contribution in [2.75, 3.05) is 19.6 Å². The van der Waals surface area contributed by atoms with Gasteiger partial charge in [0.2, 0.25) is 5.91 Å². The SMILES string of the molecule is CCN(CC)CC(C)NC(=O)C(C)(N)c1ccc(Br)cc1.Cl.Cl. The summed E-state index contributed by atoms with van der Waals surface area (Å²) in [5.41, 5.74) is 6.01. The number of likely N-dealkylation sites (N-methyl/N-ethyl adjacent to an activating group) is 1. The van der Waals surface area contributed by atoms with Gasteiger partial charge < -0.3 is 16.0 Å². The third-order valence-corrected chi connectivity index (χ3v) is 4.25. The molecule has 2 atom stereocenters. The van der Waals surface area contributed by atoms with Crippen molar-refractivity contribution in [3.05, 3.63) is 34.3 Å². The topological polar surface area (TPSA) is 58.4 Å². The maximum atomic E-state index is 12.5. The van der Waals surface area contributed by atoms with Gasteiger partial charge in [0.15, 0.2) is 0 Å². The minimum absolute atomic E-state index is 0. The van der Waals surface area contributed by atoms with E-state index < -0.39 is 5.54 Å². The van der Waals surface area contributed by atoms with Crippen molar-refractivity contribution in [1.82, 2.24) is 10.2 Å². The second kappa shape index (κ2) is 11.3. The summed E-state index contributed by atoms with van der Waals surface area (Å²) in [5.74, 6) is -0.149. The summed E-state index contributed by atoms with van der Waals surface area (Å²) < 4.78 is 0.970. The molecule has 0 spiro atoms. The summed E-state index contributed by atoms with van der Waals surface area (Å²) in [6, 6.07) is 7.60. The predicted octanol–water partition coefficient (Wildman–Crippen LogP) is 3.31. The van der Waals surface area contributed by atoms with Crippen LogP contribution in [0.1, 0.15) is 33.3 Å². The van der Waals surface area contributed by atoms with Crippen LogP contribution in [-0.2, 0) is 10.3 Å². The van der Waals surface area contributed by atoms with E-state index in [2.05, 4.69) is 40.0 Å². The van der Waals surface area contributed by atoms with E-state index in [-0.39, 0.29) is 36.8 Å². The molecule has 0 fully saturated rings. The predicted molar refractivity (Wildman–Crippen MR) is 106 cm³/mol. The summed E-state index contributed by atoms with van der Waals surface area (Å²) in [6.07, 6.45) is 0. The van der Waals surface area contributed by atoms with Crippen LogP contribution in [0.2, 0.25) is 0 Å². The van der Waals surface area contributed by atoms with Crippen LogP contribution in [-0.4, -0.2) is 36.5 Å². The normalized spacial score (nSPS) is 14.2. The van der Waals surface area contributed by atoms with E-state index in [1.165, 1.54) is 0 Å². The maximum absolute atomic E-state index is 12.5. The number of nitrogens with zero attached hydrogens (tertiary/aromatic N) is 1. The lowest BCUT2D eigenvalue weighted by Gasteiger charge is -2.29. The van der Waals surface area contributed by atoms with Crippen molar-refractivity contribution < 1.29 is 4.79 Å². The minimum Gasteiger partial charge on any atom is -0.350 e. The first-order chi connectivity index (χ1) is 9.81. The fraction of sp³-hybridized carbons (Fsp3) is 0.562. The van der Waals surface area contributed by atoms with Crippen LogP contribution in [0.15, 0.2) is 28.7 Å². The smallest absolute Gasteiger partial charge is 0.244 e. The molecule has 23 heavy (non-hydrogen) atoms. The first-order valence-corrected chi connectivity index (χ1v) is 8.18. The maximum Gasteiger partial charge on any atom is 0.244 e. The zero-order valence-corrected chi connectivity index (χ0v) is 17.4. The Balaban J connectivity index is 0. The van der Waals surface area contributed by atoms with Crippen LogP contribution in [0.4, 0.5) is 0 Å². The van der Waals surface area contributed by atoms with Gasteiger partial charge in [-0.15, -0.1) is 24.8 Å². The second-order valence-electron chi connectivity index (χ2n) is 5.57. The molecule has 0 aliphatic carbocycles. The average molecular weight is 429 g/mol. The Morgan fingerprint density at radius 3 is 2.17 bits per heavy atom. The van der Waals surface area contributed by atoms with Crippen molar-refractivity contribution in [2.24, 2.45) is 5.73 Å². The number of halogens is 3. The van der Waals surface area contributed by atoms with Gasteiger partial charge in [0.1, 0.15) is 5.54 Å². The number of benzene rings is 1. The van der Waals surface area contributed by atoms with E-state index in [0.717, 1.165) is 29.7 Å². The van der Waals surface area contributed by atoms with Gasteiger partial charge in [-0.05, 0) is 44.6 Å². The molecule has 3 N–H and O–H groups in total. The summed E-state index contributed by atoms with van der Waals surface area (Å²) in [7, 11) is 0. The largest absolute Gasteiger partial charge is 0.350 e. The Bertz CT molecular complexity index is 465. The highest BCUT2D eigenvalue weighted by Gasteiger charge is 2.31. The van der Waals surface area contributed by atoms with E-state index in [1.807, 2.05) is 31.2 Å². The molecule has 0 aromatic heterocycles. The van der Waals surface area contributed by atoms with Crippen LogP contribution in [0, 0.1) is 0 Å². The highest BCUT2D eigenvalue weighted by molar-refractivity contribution is 9.10. The molecule has 1 aromatic rings. The molecule has 0 radical (unpaired) electrons. The first-order valence-electron chi connectivity index (χ1n) is 7.39. The molecule has 0 saturated heterocycles. The van der Waals surface area contributed by atoms with Crippen molar-refractivity contribution in [2.45, 2.75) is 39.3 Å². The lowest BCUT2D eigenvalue weighted by molar-refractivity contribution is -0.126. The summed E-state index contributed by atoms with van der Waals surface area (Å²) >= 11 is 3.39. The fourth-order valence-corrected chi connectivity index (χ4v) is 2.48.